The molecule has 3 aromatic rings. The van der Waals surface area contributed by atoms with Crippen molar-refractivity contribution in [1.82, 2.24) is 15.0 Å². The monoisotopic (exact) mass is 395 g/mol. The van der Waals surface area contributed by atoms with Gasteiger partial charge in [-0.3, -0.25) is 9.69 Å². The Balaban J connectivity index is 1.37. The second-order valence-electron chi connectivity index (χ2n) is 6.92. The molecule has 1 aromatic heterocycles. The summed E-state index contributed by atoms with van der Waals surface area (Å²) in [6, 6.07) is 17.8. The summed E-state index contributed by atoms with van der Waals surface area (Å²) in [4.78, 5) is 17.3. The van der Waals surface area contributed by atoms with Gasteiger partial charge in [-0.2, -0.15) is 0 Å². The van der Waals surface area contributed by atoms with Crippen molar-refractivity contribution in [2.24, 2.45) is 0 Å². The summed E-state index contributed by atoms with van der Waals surface area (Å²) < 4.78 is 5.36. The summed E-state index contributed by atoms with van der Waals surface area (Å²) in [5.41, 5.74) is 2.49. The highest BCUT2D eigenvalue weighted by Gasteiger charge is 2.27. The van der Waals surface area contributed by atoms with Crippen LogP contribution in [0.1, 0.15) is 15.9 Å². The maximum Gasteiger partial charge on any atom is 0.259 e. The molecule has 144 valence electrons. The predicted molar refractivity (Wildman–Crippen MR) is 109 cm³/mol. The highest BCUT2D eigenvalue weighted by atomic mass is 35.5. The van der Waals surface area contributed by atoms with E-state index in [1.165, 1.54) is 11.8 Å². The van der Waals surface area contributed by atoms with E-state index < -0.39 is 0 Å². The van der Waals surface area contributed by atoms with Crippen molar-refractivity contribution in [3.05, 3.63) is 76.9 Å². The summed E-state index contributed by atoms with van der Waals surface area (Å²) in [5, 5.41) is 4.38. The molecule has 0 N–H and O–H groups in total. The summed E-state index contributed by atoms with van der Waals surface area (Å²) in [5.74, 6) is 0.376. The van der Waals surface area contributed by atoms with Gasteiger partial charge in [0, 0.05) is 38.3 Å². The van der Waals surface area contributed by atoms with Crippen molar-refractivity contribution in [3.63, 3.8) is 0 Å². The van der Waals surface area contributed by atoms with E-state index in [4.69, 9.17) is 16.1 Å². The summed E-state index contributed by atoms with van der Waals surface area (Å²) in [6.45, 7) is 4.13. The molecule has 1 saturated heterocycles. The molecule has 0 atom stereocenters. The Bertz CT molecular complexity index is 934. The van der Waals surface area contributed by atoms with E-state index in [0.29, 0.717) is 35.0 Å². The minimum Gasteiger partial charge on any atom is -0.355 e. The first-order valence-corrected chi connectivity index (χ1v) is 9.85. The van der Waals surface area contributed by atoms with Crippen LogP contribution >= 0.6 is 11.6 Å². The Morgan fingerprint density at radius 1 is 1.00 bits per heavy atom. The molecule has 0 spiro atoms. The highest BCUT2D eigenvalue weighted by molar-refractivity contribution is 6.33. The number of halogens is 1. The maximum atomic E-state index is 13.0. The summed E-state index contributed by atoms with van der Waals surface area (Å²) in [7, 11) is 0. The maximum absolute atomic E-state index is 13.0. The zero-order valence-electron chi connectivity index (χ0n) is 15.6. The number of carbonyl (C=O) groups excluding carboxylic acids is 1. The third kappa shape index (κ3) is 4.11. The van der Waals surface area contributed by atoms with Gasteiger partial charge in [-0.15, -0.1) is 0 Å². The van der Waals surface area contributed by atoms with Crippen LogP contribution < -0.4 is 0 Å². The molecule has 0 radical (unpaired) electrons. The van der Waals surface area contributed by atoms with E-state index in [0.717, 1.165) is 26.1 Å². The Morgan fingerprint density at radius 2 is 1.71 bits per heavy atom. The van der Waals surface area contributed by atoms with Crippen molar-refractivity contribution in [2.75, 3.05) is 32.7 Å². The van der Waals surface area contributed by atoms with E-state index in [2.05, 4.69) is 34.3 Å². The Kier molecular flexibility index (Phi) is 5.74. The fourth-order valence-corrected chi connectivity index (χ4v) is 3.73. The highest BCUT2D eigenvalue weighted by Crippen LogP contribution is 2.31. The number of amides is 1. The predicted octanol–water partition coefficient (Wildman–Crippen LogP) is 4.00. The largest absolute Gasteiger partial charge is 0.355 e. The lowest BCUT2D eigenvalue weighted by atomic mass is 10.1. The number of nitrogens with zero attached hydrogens (tertiary/aromatic N) is 3. The minimum atomic E-state index is -0.0566. The van der Waals surface area contributed by atoms with Crippen LogP contribution in [0.15, 0.2) is 65.3 Å². The molecule has 2 aromatic carbocycles. The zero-order valence-corrected chi connectivity index (χ0v) is 16.3. The standard InChI is InChI=1S/C22H22ClN3O2/c23-20-9-5-4-8-18(20)21-19(16-24-28-21)22(27)26-14-12-25(13-15-26)11-10-17-6-2-1-3-7-17/h1-9,16H,10-15H2. The Labute approximate surface area is 169 Å². The molecule has 1 aliphatic rings. The van der Waals surface area contributed by atoms with E-state index >= 15 is 0 Å². The summed E-state index contributed by atoms with van der Waals surface area (Å²) >= 11 is 6.26. The number of hydrogen-bond donors (Lipinski definition) is 0. The Hall–Kier alpha value is -2.63. The van der Waals surface area contributed by atoms with Crippen molar-refractivity contribution in [1.29, 1.82) is 0 Å². The quantitative estimate of drug-likeness (QED) is 0.655. The summed E-state index contributed by atoms with van der Waals surface area (Å²) in [6.07, 6.45) is 2.51. The van der Waals surface area contributed by atoms with Gasteiger partial charge in [0.25, 0.3) is 5.91 Å². The molecule has 0 unspecified atom stereocenters. The first-order valence-electron chi connectivity index (χ1n) is 9.47. The minimum absolute atomic E-state index is 0.0566. The average Bonchev–Trinajstić information content (AvgIpc) is 3.23. The lowest BCUT2D eigenvalue weighted by Gasteiger charge is -2.34. The first-order chi connectivity index (χ1) is 13.7. The van der Waals surface area contributed by atoms with Crippen LogP contribution in [-0.4, -0.2) is 53.6 Å². The number of benzene rings is 2. The third-order valence-corrected chi connectivity index (χ3v) is 5.47. The van der Waals surface area contributed by atoms with Gasteiger partial charge >= 0.3 is 0 Å². The van der Waals surface area contributed by atoms with Crippen LogP contribution in [0.5, 0.6) is 0 Å². The molecule has 0 bridgehead atoms. The molecule has 1 aliphatic heterocycles. The van der Waals surface area contributed by atoms with Crippen molar-refractivity contribution >= 4 is 17.5 Å². The molecule has 0 aliphatic carbocycles. The molecule has 28 heavy (non-hydrogen) atoms. The molecule has 1 amide bonds. The molecule has 6 heteroatoms. The van der Waals surface area contributed by atoms with Crippen LogP contribution in [0, 0.1) is 0 Å². The van der Waals surface area contributed by atoms with Crippen LogP contribution in [0.2, 0.25) is 5.02 Å². The number of carbonyl (C=O) groups is 1. The van der Waals surface area contributed by atoms with Crippen LogP contribution in [0.25, 0.3) is 11.3 Å². The third-order valence-electron chi connectivity index (χ3n) is 5.14. The van der Waals surface area contributed by atoms with Gasteiger partial charge < -0.3 is 9.42 Å². The van der Waals surface area contributed by atoms with Gasteiger partial charge in [0.05, 0.1) is 11.2 Å². The van der Waals surface area contributed by atoms with E-state index in [1.54, 1.807) is 6.07 Å². The lowest BCUT2D eigenvalue weighted by molar-refractivity contribution is 0.0639. The first kappa shape index (κ1) is 18.7. The van der Waals surface area contributed by atoms with Crippen molar-refractivity contribution in [2.45, 2.75) is 6.42 Å². The number of piperazine rings is 1. The van der Waals surface area contributed by atoms with Crippen molar-refractivity contribution in [3.8, 4) is 11.3 Å². The molecular formula is C22H22ClN3O2. The normalized spacial score (nSPS) is 15.0. The smallest absolute Gasteiger partial charge is 0.259 e. The van der Waals surface area contributed by atoms with Gasteiger partial charge in [-0.05, 0) is 24.1 Å². The number of rotatable bonds is 5. The van der Waals surface area contributed by atoms with Gasteiger partial charge in [0.15, 0.2) is 5.76 Å². The molecule has 1 fully saturated rings. The SMILES string of the molecule is O=C(c1cnoc1-c1ccccc1Cl)N1CCN(CCc2ccccc2)CC1. The van der Waals surface area contributed by atoms with Crippen molar-refractivity contribution < 1.29 is 9.32 Å². The van der Waals surface area contributed by atoms with Crippen LogP contribution in [0.3, 0.4) is 0 Å². The fourth-order valence-electron chi connectivity index (χ4n) is 3.51. The van der Waals surface area contributed by atoms with E-state index in [9.17, 15) is 4.79 Å². The van der Waals surface area contributed by atoms with Crippen LogP contribution in [0.4, 0.5) is 0 Å². The second kappa shape index (κ2) is 8.59. The lowest BCUT2D eigenvalue weighted by Crippen LogP contribution is -2.49. The molecule has 0 saturated carbocycles. The van der Waals surface area contributed by atoms with Gasteiger partial charge in [0.1, 0.15) is 5.56 Å². The Morgan fingerprint density at radius 3 is 2.46 bits per heavy atom. The number of hydrogen-bond acceptors (Lipinski definition) is 4. The van der Waals surface area contributed by atoms with Gasteiger partial charge in [0.2, 0.25) is 0 Å². The zero-order chi connectivity index (χ0) is 19.3. The topological polar surface area (TPSA) is 49.6 Å². The second-order valence-corrected chi connectivity index (χ2v) is 7.33. The van der Waals surface area contributed by atoms with Gasteiger partial charge in [-0.1, -0.05) is 59.2 Å². The molecule has 5 nitrogen and oxygen atoms in total. The number of aromatic nitrogens is 1. The van der Waals surface area contributed by atoms with E-state index in [-0.39, 0.29) is 5.91 Å². The molecular weight excluding hydrogens is 374 g/mol. The fraction of sp³-hybridized carbons (Fsp3) is 0.273. The molecule has 2 heterocycles. The van der Waals surface area contributed by atoms with Crippen LogP contribution in [-0.2, 0) is 6.42 Å². The molecule has 4 rings (SSSR count). The van der Waals surface area contributed by atoms with E-state index in [1.807, 2.05) is 29.2 Å². The average molecular weight is 396 g/mol. The van der Waals surface area contributed by atoms with Gasteiger partial charge in [-0.25, -0.2) is 0 Å².